The molecule has 0 saturated heterocycles. The summed E-state index contributed by atoms with van der Waals surface area (Å²) in [5.41, 5.74) is 1.58. The molecule has 0 fully saturated rings. The van der Waals surface area contributed by atoms with Crippen LogP contribution in [0.2, 0.25) is 10.0 Å². The van der Waals surface area contributed by atoms with Gasteiger partial charge in [0.25, 0.3) is 5.56 Å². The summed E-state index contributed by atoms with van der Waals surface area (Å²) in [5, 5.41) is 1.45. The average molecular weight is 392 g/mol. The minimum absolute atomic E-state index is 0.138. The number of benzene rings is 1. The first kappa shape index (κ1) is 17.3. The molecule has 0 unspecified atom stereocenters. The first-order valence-corrected chi connectivity index (χ1v) is 8.89. The number of nitrogens with one attached hydrogen (secondary N) is 1. The van der Waals surface area contributed by atoms with Crippen LogP contribution in [0, 0.1) is 6.92 Å². The molecular formula is C18H15Cl2N3O3. The van der Waals surface area contributed by atoms with E-state index in [9.17, 15) is 9.59 Å². The van der Waals surface area contributed by atoms with Crippen LogP contribution in [0.1, 0.15) is 22.6 Å². The zero-order valence-electron chi connectivity index (χ0n) is 13.9. The van der Waals surface area contributed by atoms with Crippen LogP contribution in [0.25, 0.3) is 11.0 Å². The van der Waals surface area contributed by atoms with E-state index in [0.29, 0.717) is 57.5 Å². The Labute approximate surface area is 158 Å². The lowest BCUT2D eigenvalue weighted by atomic mass is 10.1. The predicted octanol–water partition coefficient (Wildman–Crippen LogP) is 3.05. The van der Waals surface area contributed by atoms with Gasteiger partial charge in [-0.05, 0) is 25.1 Å². The van der Waals surface area contributed by atoms with Crippen molar-refractivity contribution in [1.29, 1.82) is 0 Å². The number of hydrogen-bond acceptors (Lipinski definition) is 5. The molecule has 2 aromatic heterocycles. The summed E-state index contributed by atoms with van der Waals surface area (Å²) < 4.78 is 5.37. The van der Waals surface area contributed by atoms with Crippen molar-refractivity contribution in [3.8, 4) is 0 Å². The lowest BCUT2D eigenvalue weighted by molar-refractivity contribution is 0.238. The SMILES string of the molecule is Cc1nc2c(c(=O)[nH]1)CN(Cc1c(Cl)c3cc(Cl)ccc3oc1=O)CC2. The van der Waals surface area contributed by atoms with E-state index < -0.39 is 5.63 Å². The molecule has 0 radical (unpaired) electrons. The molecule has 4 rings (SSSR count). The van der Waals surface area contributed by atoms with Gasteiger partial charge in [0.15, 0.2) is 0 Å². The second-order valence-corrected chi connectivity index (χ2v) is 7.17. The number of aromatic amines is 1. The zero-order valence-corrected chi connectivity index (χ0v) is 15.4. The third-order valence-corrected chi connectivity index (χ3v) is 5.21. The monoisotopic (exact) mass is 391 g/mol. The molecule has 0 amide bonds. The highest BCUT2D eigenvalue weighted by atomic mass is 35.5. The van der Waals surface area contributed by atoms with E-state index in [2.05, 4.69) is 9.97 Å². The van der Waals surface area contributed by atoms with Crippen molar-refractivity contribution in [2.75, 3.05) is 6.54 Å². The normalized spacial score (nSPS) is 14.6. The average Bonchev–Trinajstić information content (AvgIpc) is 2.60. The van der Waals surface area contributed by atoms with Crippen molar-refractivity contribution in [2.24, 2.45) is 0 Å². The largest absolute Gasteiger partial charge is 0.422 e. The van der Waals surface area contributed by atoms with E-state index in [1.54, 1.807) is 25.1 Å². The predicted molar refractivity (Wildman–Crippen MR) is 99.9 cm³/mol. The Kier molecular flexibility index (Phi) is 4.34. The zero-order chi connectivity index (χ0) is 18.4. The summed E-state index contributed by atoms with van der Waals surface area (Å²) in [6.07, 6.45) is 0.641. The summed E-state index contributed by atoms with van der Waals surface area (Å²) in [7, 11) is 0. The minimum Gasteiger partial charge on any atom is -0.422 e. The van der Waals surface area contributed by atoms with Crippen LogP contribution in [-0.4, -0.2) is 21.4 Å². The number of H-pyrrole nitrogens is 1. The number of nitrogens with zero attached hydrogens (tertiary/aromatic N) is 2. The van der Waals surface area contributed by atoms with E-state index in [0.717, 1.165) is 5.69 Å². The highest BCUT2D eigenvalue weighted by Gasteiger charge is 2.23. The molecule has 1 aliphatic rings. The number of halogens is 2. The molecule has 0 spiro atoms. The molecule has 26 heavy (non-hydrogen) atoms. The van der Waals surface area contributed by atoms with Crippen molar-refractivity contribution >= 4 is 34.2 Å². The Morgan fingerprint density at radius 3 is 2.92 bits per heavy atom. The van der Waals surface area contributed by atoms with Crippen molar-refractivity contribution in [3.05, 3.63) is 71.7 Å². The van der Waals surface area contributed by atoms with Gasteiger partial charge in [-0.3, -0.25) is 9.69 Å². The first-order chi connectivity index (χ1) is 12.4. The van der Waals surface area contributed by atoms with Crippen molar-refractivity contribution in [3.63, 3.8) is 0 Å². The van der Waals surface area contributed by atoms with E-state index in [1.165, 1.54) is 0 Å². The first-order valence-electron chi connectivity index (χ1n) is 8.14. The number of hydrogen-bond donors (Lipinski definition) is 1. The standard InChI is InChI=1S/C18H15Cl2N3O3/c1-9-21-14-4-5-23(7-12(14)17(24)22-9)8-13-16(20)11-6-10(19)2-3-15(11)26-18(13)25/h2-3,6H,4-5,7-8H2,1H3,(H,21,22,24). The fraction of sp³-hybridized carbons (Fsp3) is 0.278. The number of aryl methyl sites for hydroxylation is 1. The van der Waals surface area contributed by atoms with Crippen LogP contribution in [-0.2, 0) is 19.5 Å². The molecule has 1 aliphatic heterocycles. The van der Waals surface area contributed by atoms with Gasteiger partial charge >= 0.3 is 5.63 Å². The Hall–Kier alpha value is -2.15. The molecule has 0 aliphatic carbocycles. The Bertz CT molecular complexity index is 1140. The summed E-state index contributed by atoms with van der Waals surface area (Å²) in [6.45, 7) is 3.13. The molecule has 1 aromatic carbocycles. The molecule has 0 bridgehead atoms. The highest BCUT2D eigenvalue weighted by molar-refractivity contribution is 6.37. The second kappa shape index (κ2) is 6.54. The van der Waals surface area contributed by atoms with Crippen LogP contribution >= 0.6 is 23.2 Å². The van der Waals surface area contributed by atoms with E-state index >= 15 is 0 Å². The van der Waals surface area contributed by atoms with E-state index in [4.69, 9.17) is 27.6 Å². The summed E-state index contributed by atoms with van der Waals surface area (Å²) >= 11 is 12.5. The fourth-order valence-corrected chi connectivity index (χ4v) is 3.73. The third kappa shape index (κ3) is 3.05. The van der Waals surface area contributed by atoms with Crippen LogP contribution in [0.5, 0.6) is 0 Å². The highest BCUT2D eigenvalue weighted by Crippen LogP contribution is 2.29. The molecule has 0 saturated carbocycles. The quantitative estimate of drug-likeness (QED) is 0.679. The molecule has 0 atom stereocenters. The van der Waals surface area contributed by atoms with Gasteiger partial charge in [-0.25, -0.2) is 9.78 Å². The fourth-order valence-electron chi connectivity index (χ4n) is 3.27. The van der Waals surface area contributed by atoms with Crippen LogP contribution < -0.4 is 11.2 Å². The van der Waals surface area contributed by atoms with Gasteiger partial charge in [0.2, 0.25) is 0 Å². The lowest BCUT2D eigenvalue weighted by Gasteiger charge is -2.27. The van der Waals surface area contributed by atoms with Crippen molar-refractivity contribution in [1.82, 2.24) is 14.9 Å². The van der Waals surface area contributed by atoms with Crippen LogP contribution in [0.4, 0.5) is 0 Å². The second-order valence-electron chi connectivity index (χ2n) is 6.36. The van der Waals surface area contributed by atoms with Crippen LogP contribution in [0.3, 0.4) is 0 Å². The van der Waals surface area contributed by atoms with Crippen molar-refractivity contribution in [2.45, 2.75) is 26.4 Å². The van der Waals surface area contributed by atoms with Crippen molar-refractivity contribution < 1.29 is 4.42 Å². The van der Waals surface area contributed by atoms with Gasteiger partial charge in [0.05, 0.1) is 21.8 Å². The number of aromatic nitrogens is 2. The van der Waals surface area contributed by atoms with Gasteiger partial charge in [-0.15, -0.1) is 0 Å². The van der Waals surface area contributed by atoms with E-state index in [1.807, 2.05) is 4.90 Å². The summed E-state index contributed by atoms with van der Waals surface area (Å²) in [6, 6.07) is 4.94. The maximum absolute atomic E-state index is 12.4. The van der Waals surface area contributed by atoms with Gasteiger partial charge in [-0.2, -0.15) is 0 Å². The summed E-state index contributed by atoms with van der Waals surface area (Å²) in [4.78, 5) is 33.7. The molecule has 3 aromatic rings. The molecular weight excluding hydrogens is 377 g/mol. The maximum atomic E-state index is 12.4. The summed E-state index contributed by atoms with van der Waals surface area (Å²) in [5.74, 6) is 0.609. The lowest BCUT2D eigenvalue weighted by Crippen LogP contribution is -2.36. The number of fused-ring (bicyclic) bond motifs is 2. The Balaban J connectivity index is 1.70. The van der Waals surface area contributed by atoms with E-state index in [-0.39, 0.29) is 12.1 Å². The van der Waals surface area contributed by atoms with Crippen LogP contribution in [0.15, 0.2) is 32.2 Å². The number of rotatable bonds is 2. The molecule has 1 N–H and O–H groups in total. The molecule has 6 nitrogen and oxygen atoms in total. The third-order valence-electron chi connectivity index (χ3n) is 4.54. The Morgan fingerprint density at radius 2 is 2.12 bits per heavy atom. The van der Waals surface area contributed by atoms with Gasteiger partial charge in [0, 0.05) is 36.5 Å². The minimum atomic E-state index is -0.480. The molecule has 3 heterocycles. The smallest absolute Gasteiger partial charge is 0.342 e. The Morgan fingerprint density at radius 1 is 1.31 bits per heavy atom. The molecule has 8 heteroatoms. The van der Waals surface area contributed by atoms with Gasteiger partial charge < -0.3 is 9.40 Å². The van der Waals surface area contributed by atoms with Gasteiger partial charge in [0.1, 0.15) is 11.4 Å². The topological polar surface area (TPSA) is 79.2 Å². The molecule has 134 valence electrons. The van der Waals surface area contributed by atoms with Gasteiger partial charge in [-0.1, -0.05) is 23.2 Å². The maximum Gasteiger partial charge on any atom is 0.342 e.